The summed E-state index contributed by atoms with van der Waals surface area (Å²) in [6.07, 6.45) is 3.57. The van der Waals surface area contributed by atoms with Crippen LogP contribution < -0.4 is 0 Å². The molecule has 2 amide bonds. The summed E-state index contributed by atoms with van der Waals surface area (Å²) in [5.41, 5.74) is 1.81. The molecule has 5 nitrogen and oxygen atoms in total. The molecule has 1 saturated heterocycles. The van der Waals surface area contributed by atoms with Crippen molar-refractivity contribution in [3.8, 4) is 0 Å². The monoisotopic (exact) mass is 455 g/mol. The largest absolute Gasteiger partial charge is 0.446 e. The molecule has 2 aliphatic rings. The second kappa shape index (κ2) is 11.9. The molecule has 0 spiro atoms. The minimum Gasteiger partial charge on any atom is -0.446 e. The lowest BCUT2D eigenvalue weighted by molar-refractivity contribution is -0.130. The Hall–Kier alpha value is -2.73. The first-order valence-corrected chi connectivity index (χ1v) is 11.9. The first kappa shape index (κ1) is 24.9. The zero-order chi connectivity index (χ0) is 23.8. The van der Waals surface area contributed by atoms with E-state index < -0.39 is 12.1 Å². The zero-order valence-electron chi connectivity index (χ0n) is 19.7. The number of amides is 2. The summed E-state index contributed by atoms with van der Waals surface area (Å²) in [6.45, 7) is 4.16. The van der Waals surface area contributed by atoms with Crippen molar-refractivity contribution in [2.45, 2.75) is 64.0 Å². The molecule has 2 aromatic rings. The van der Waals surface area contributed by atoms with Crippen molar-refractivity contribution in [3.05, 3.63) is 71.5 Å². The number of cyclic esters (lactones) is 1. The van der Waals surface area contributed by atoms with Gasteiger partial charge in [0.05, 0.1) is 6.10 Å². The third-order valence-corrected chi connectivity index (χ3v) is 6.64. The number of halogens is 1. The molecular formula is C27H34FNO4. The Morgan fingerprint density at radius 3 is 2.30 bits per heavy atom. The van der Waals surface area contributed by atoms with Gasteiger partial charge in [-0.1, -0.05) is 56.3 Å². The fourth-order valence-corrected chi connectivity index (χ4v) is 4.90. The van der Waals surface area contributed by atoms with Crippen LogP contribution in [0, 0.1) is 11.7 Å². The highest BCUT2D eigenvalue weighted by Crippen LogP contribution is 2.40. The minimum absolute atomic E-state index is 0.0873. The predicted molar refractivity (Wildman–Crippen MR) is 125 cm³/mol. The Kier molecular flexibility index (Phi) is 9.01. The number of imide groups is 1. The quantitative estimate of drug-likeness (QED) is 0.517. The first-order valence-electron chi connectivity index (χ1n) is 11.9. The average Bonchev–Trinajstić information content (AvgIpc) is 3.26. The summed E-state index contributed by atoms with van der Waals surface area (Å²) in [7, 11) is 1.73. The first-order chi connectivity index (χ1) is 16.1. The molecule has 1 aliphatic carbocycles. The van der Waals surface area contributed by atoms with Gasteiger partial charge in [0.25, 0.3) is 0 Å². The van der Waals surface area contributed by atoms with Gasteiger partial charge in [-0.2, -0.15) is 0 Å². The lowest BCUT2D eigenvalue weighted by Gasteiger charge is -2.34. The molecule has 0 N–H and O–H groups in total. The van der Waals surface area contributed by atoms with E-state index in [-0.39, 0.29) is 42.7 Å². The Labute approximate surface area is 195 Å². The second-order valence-electron chi connectivity index (χ2n) is 8.40. The van der Waals surface area contributed by atoms with Crippen LogP contribution in [0.5, 0.6) is 0 Å². The number of carbonyl (C=O) groups is 2. The topological polar surface area (TPSA) is 55.8 Å². The van der Waals surface area contributed by atoms with Gasteiger partial charge in [-0.25, -0.2) is 14.1 Å². The van der Waals surface area contributed by atoms with Crippen molar-refractivity contribution in [2.24, 2.45) is 5.92 Å². The van der Waals surface area contributed by atoms with Gasteiger partial charge in [0.1, 0.15) is 18.5 Å². The second-order valence-corrected chi connectivity index (χ2v) is 8.40. The molecule has 0 aromatic heterocycles. The lowest BCUT2D eigenvalue weighted by atomic mass is 9.74. The number of carbonyl (C=O) groups excluding carboxylic acids is 2. The Morgan fingerprint density at radius 1 is 1.06 bits per heavy atom. The molecule has 2 unspecified atom stereocenters. The van der Waals surface area contributed by atoms with Gasteiger partial charge in [0.2, 0.25) is 5.91 Å². The zero-order valence-corrected chi connectivity index (χ0v) is 19.7. The van der Waals surface area contributed by atoms with Gasteiger partial charge in [-0.3, -0.25) is 4.79 Å². The molecule has 1 heterocycles. The van der Waals surface area contributed by atoms with Crippen molar-refractivity contribution in [2.75, 3.05) is 13.7 Å². The highest BCUT2D eigenvalue weighted by molar-refractivity contribution is 5.94. The Balaban J connectivity index is 0.00000149. The third-order valence-electron chi connectivity index (χ3n) is 6.64. The highest BCUT2D eigenvalue weighted by atomic mass is 19.1. The van der Waals surface area contributed by atoms with E-state index in [1.54, 1.807) is 19.2 Å². The van der Waals surface area contributed by atoms with Crippen molar-refractivity contribution >= 4 is 12.0 Å². The maximum absolute atomic E-state index is 13.5. The summed E-state index contributed by atoms with van der Waals surface area (Å²) in [4.78, 5) is 27.1. The number of hydrogen-bond donors (Lipinski definition) is 0. The number of nitrogens with zero attached hydrogens (tertiary/aromatic N) is 1. The predicted octanol–water partition coefficient (Wildman–Crippen LogP) is 6.25. The van der Waals surface area contributed by atoms with Crippen molar-refractivity contribution in [1.29, 1.82) is 0 Å². The van der Waals surface area contributed by atoms with Crippen molar-refractivity contribution < 1.29 is 23.5 Å². The third kappa shape index (κ3) is 5.99. The fraction of sp³-hybridized carbons (Fsp3) is 0.481. The lowest BCUT2D eigenvalue weighted by Crippen LogP contribution is -2.36. The van der Waals surface area contributed by atoms with E-state index in [2.05, 4.69) is 0 Å². The highest BCUT2D eigenvalue weighted by Gasteiger charge is 2.40. The van der Waals surface area contributed by atoms with E-state index in [4.69, 9.17) is 9.47 Å². The minimum atomic E-state index is -0.597. The Morgan fingerprint density at radius 2 is 1.70 bits per heavy atom. The maximum atomic E-state index is 13.5. The summed E-state index contributed by atoms with van der Waals surface area (Å²) >= 11 is 0. The summed E-state index contributed by atoms with van der Waals surface area (Å²) in [6, 6.07) is 15.4. The number of hydrogen-bond acceptors (Lipinski definition) is 4. The SMILES string of the molecule is CC.COC1CCC(C(CC(=O)N2C(=O)OCC2c2ccccc2)c2ccc(F)cc2)CC1. The van der Waals surface area contributed by atoms with Gasteiger partial charge >= 0.3 is 6.09 Å². The molecule has 33 heavy (non-hydrogen) atoms. The molecule has 2 aromatic carbocycles. The molecule has 2 atom stereocenters. The van der Waals surface area contributed by atoms with E-state index in [1.165, 1.54) is 17.0 Å². The van der Waals surface area contributed by atoms with E-state index >= 15 is 0 Å². The van der Waals surface area contributed by atoms with Crippen LogP contribution in [0.25, 0.3) is 0 Å². The summed E-state index contributed by atoms with van der Waals surface area (Å²) in [5.74, 6) is -0.367. The van der Waals surface area contributed by atoms with Gasteiger partial charge in [-0.15, -0.1) is 0 Å². The number of rotatable bonds is 6. The molecule has 0 radical (unpaired) electrons. The van der Waals surface area contributed by atoms with Crippen LogP contribution in [-0.4, -0.2) is 36.7 Å². The van der Waals surface area contributed by atoms with Crippen molar-refractivity contribution in [3.63, 3.8) is 0 Å². The fourth-order valence-electron chi connectivity index (χ4n) is 4.90. The average molecular weight is 456 g/mol. The van der Waals surface area contributed by atoms with E-state index in [1.807, 2.05) is 44.2 Å². The van der Waals surface area contributed by atoms with E-state index in [0.717, 1.165) is 36.8 Å². The normalized spacial score (nSPS) is 23.3. The van der Waals surface area contributed by atoms with Gasteiger partial charge in [0, 0.05) is 13.5 Å². The Bertz CT molecular complexity index is 894. The number of methoxy groups -OCH3 is 1. The number of ether oxygens (including phenoxy) is 2. The summed E-state index contributed by atoms with van der Waals surface area (Å²) in [5, 5.41) is 0. The van der Waals surface area contributed by atoms with E-state index in [0.29, 0.717) is 0 Å². The van der Waals surface area contributed by atoms with Crippen LogP contribution in [0.3, 0.4) is 0 Å². The van der Waals surface area contributed by atoms with Crippen LogP contribution in [-0.2, 0) is 14.3 Å². The van der Waals surface area contributed by atoms with Crippen LogP contribution in [0.4, 0.5) is 9.18 Å². The molecule has 2 fully saturated rings. The molecular weight excluding hydrogens is 421 g/mol. The van der Waals surface area contributed by atoms with Gasteiger partial charge < -0.3 is 9.47 Å². The molecule has 6 heteroatoms. The molecule has 4 rings (SSSR count). The van der Waals surface area contributed by atoms with Crippen LogP contribution in [0.15, 0.2) is 54.6 Å². The molecule has 1 saturated carbocycles. The van der Waals surface area contributed by atoms with Gasteiger partial charge in [0.15, 0.2) is 0 Å². The van der Waals surface area contributed by atoms with Crippen LogP contribution in [0.2, 0.25) is 0 Å². The van der Waals surface area contributed by atoms with Gasteiger partial charge in [-0.05, 0) is 60.8 Å². The van der Waals surface area contributed by atoms with E-state index in [9.17, 15) is 14.0 Å². The molecule has 178 valence electrons. The van der Waals surface area contributed by atoms with Crippen molar-refractivity contribution in [1.82, 2.24) is 4.90 Å². The molecule has 0 bridgehead atoms. The maximum Gasteiger partial charge on any atom is 0.417 e. The van der Waals surface area contributed by atoms with Crippen LogP contribution in [0.1, 0.15) is 69.0 Å². The smallest absolute Gasteiger partial charge is 0.417 e. The summed E-state index contributed by atoms with van der Waals surface area (Å²) < 4.78 is 24.3. The standard InChI is InChI=1S/C25H28FNO4.C2H6/c1-30-21-13-9-18(10-14-21)22(17-7-11-20(26)12-8-17)15-24(28)27-23(16-31-25(27)29)19-5-3-2-4-6-19;1-2/h2-8,11-12,18,21-23H,9-10,13-16H2,1H3;1-2H3. The van der Waals surface area contributed by atoms with Crippen LogP contribution >= 0.6 is 0 Å². The molecule has 1 aliphatic heterocycles. The number of benzene rings is 2.